The smallest absolute Gasteiger partial charge is 0.255 e. The number of nitrogens with zero attached hydrogens (tertiary/aromatic N) is 3. The SMILES string of the molecule is CC1=C(C(=O)Nc2ccccc2)C(c2ccc(OCc3ccc(Cl)cc3Cl)cc2)n2nc(SCc3ccccc3Cl)nc2N1. The fourth-order valence-corrected chi connectivity index (χ4v) is 6.40. The molecule has 0 bridgehead atoms. The van der Waals surface area contributed by atoms with Crippen LogP contribution in [0.4, 0.5) is 11.6 Å². The van der Waals surface area contributed by atoms with Gasteiger partial charge in [0.2, 0.25) is 11.1 Å². The molecule has 2 N–H and O–H groups in total. The molecule has 5 aromatic rings. The molecule has 1 unspecified atom stereocenters. The molecule has 0 aliphatic carbocycles. The fourth-order valence-electron chi connectivity index (χ4n) is 4.82. The summed E-state index contributed by atoms with van der Waals surface area (Å²) in [5.41, 5.74) is 4.56. The third-order valence-corrected chi connectivity index (χ3v) is 8.87. The first kappa shape index (κ1) is 30.1. The first-order chi connectivity index (χ1) is 21.4. The zero-order valence-corrected chi connectivity index (χ0v) is 26.5. The van der Waals surface area contributed by atoms with Crippen LogP contribution in [0.25, 0.3) is 0 Å². The zero-order valence-electron chi connectivity index (χ0n) is 23.4. The van der Waals surface area contributed by atoms with Gasteiger partial charge in [-0.3, -0.25) is 4.79 Å². The number of halogens is 3. The predicted molar refractivity (Wildman–Crippen MR) is 178 cm³/mol. The highest BCUT2D eigenvalue weighted by Gasteiger charge is 2.34. The second-order valence-corrected chi connectivity index (χ2v) is 12.2. The quantitative estimate of drug-likeness (QED) is 0.153. The molecule has 0 fully saturated rings. The molecular formula is C33H26Cl3N5O2S. The lowest BCUT2D eigenvalue weighted by atomic mass is 9.95. The van der Waals surface area contributed by atoms with Crippen molar-refractivity contribution < 1.29 is 9.53 Å². The Labute approximate surface area is 274 Å². The Morgan fingerprint density at radius 1 is 0.932 bits per heavy atom. The molecule has 1 aromatic heterocycles. The van der Waals surface area contributed by atoms with E-state index in [1.54, 1.807) is 16.8 Å². The maximum Gasteiger partial charge on any atom is 0.255 e. The van der Waals surface area contributed by atoms with Crippen LogP contribution < -0.4 is 15.4 Å². The average Bonchev–Trinajstić information content (AvgIpc) is 3.42. The number of rotatable bonds is 9. The molecule has 0 radical (unpaired) electrons. The number of ether oxygens (including phenoxy) is 1. The number of amides is 1. The van der Waals surface area contributed by atoms with E-state index >= 15 is 0 Å². The molecule has 2 heterocycles. The third-order valence-electron chi connectivity index (χ3n) is 7.03. The van der Waals surface area contributed by atoms with E-state index in [4.69, 9.17) is 49.6 Å². The van der Waals surface area contributed by atoms with Crippen LogP contribution in [0.5, 0.6) is 5.75 Å². The second kappa shape index (κ2) is 13.4. The van der Waals surface area contributed by atoms with Crippen molar-refractivity contribution in [1.82, 2.24) is 14.8 Å². The summed E-state index contributed by atoms with van der Waals surface area (Å²) in [7, 11) is 0. The number of fused-ring (bicyclic) bond motifs is 1. The van der Waals surface area contributed by atoms with E-state index in [1.807, 2.05) is 91.9 Å². The van der Waals surface area contributed by atoms with Crippen LogP contribution in [0, 0.1) is 0 Å². The van der Waals surface area contributed by atoms with E-state index < -0.39 is 6.04 Å². The Morgan fingerprint density at radius 3 is 2.43 bits per heavy atom. The lowest BCUT2D eigenvalue weighted by Crippen LogP contribution is -2.31. The van der Waals surface area contributed by atoms with Crippen LogP contribution in [-0.4, -0.2) is 20.7 Å². The highest BCUT2D eigenvalue weighted by Crippen LogP contribution is 2.38. The summed E-state index contributed by atoms with van der Waals surface area (Å²) in [6.07, 6.45) is 0. The maximum atomic E-state index is 13.8. The Kier molecular flexibility index (Phi) is 9.14. The van der Waals surface area contributed by atoms with Gasteiger partial charge in [0.25, 0.3) is 5.91 Å². The number of para-hydroxylation sites is 1. The number of allylic oxidation sites excluding steroid dienone is 1. The molecule has 44 heavy (non-hydrogen) atoms. The number of anilines is 2. The molecular weight excluding hydrogens is 637 g/mol. The molecule has 1 atom stereocenters. The van der Waals surface area contributed by atoms with E-state index in [2.05, 4.69) is 10.6 Å². The van der Waals surface area contributed by atoms with Crippen molar-refractivity contribution in [2.24, 2.45) is 0 Å². The number of benzene rings is 4. The molecule has 0 spiro atoms. The van der Waals surface area contributed by atoms with Gasteiger partial charge in [-0.05, 0) is 60.5 Å². The van der Waals surface area contributed by atoms with Gasteiger partial charge in [0, 0.05) is 37.8 Å². The van der Waals surface area contributed by atoms with E-state index in [0.29, 0.717) is 54.6 Å². The second-order valence-electron chi connectivity index (χ2n) is 10.0. The van der Waals surface area contributed by atoms with Gasteiger partial charge in [-0.2, -0.15) is 4.98 Å². The van der Waals surface area contributed by atoms with Crippen LogP contribution in [0.15, 0.2) is 113 Å². The molecule has 0 saturated carbocycles. The molecule has 7 nitrogen and oxygen atoms in total. The Morgan fingerprint density at radius 2 is 1.68 bits per heavy atom. The van der Waals surface area contributed by atoms with Crippen molar-refractivity contribution in [2.45, 2.75) is 30.5 Å². The predicted octanol–water partition coefficient (Wildman–Crippen LogP) is 9.04. The Hall–Kier alpha value is -3.95. The standard InChI is InChI=1S/C33H26Cl3N5O2S/c1-20-29(31(42)38-25-8-3-2-4-9-25)30(21-12-15-26(16-13-21)43-18-22-11-14-24(34)17-28(22)36)41-32(37-20)39-33(40-41)44-19-23-7-5-6-10-27(23)35/h2-17,30H,18-19H2,1H3,(H,38,42)(H,37,39,40). The highest BCUT2D eigenvalue weighted by molar-refractivity contribution is 7.98. The summed E-state index contributed by atoms with van der Waals surface area (Å²) in [4.78, 5) is 18.5. The molecule has 4 aromatic carbocycles. The minimum absolute atomic E-state index is 0.240. The molecule has 222 valence electrons. The number of carbonyl (C=O) groups excluding carboxylic acids is 1. The minimum atomic E-state index is -0.545. The van der Waals surface area contributed by atoms with Gasteiger partial charge in [-0.1, -0.05) is 101 Å². The summed E-state index contributed by atoms with van der Waals surface area (Å²) in [5, 5.41) is 13.5. The van der Waals surface area contributed by atoms with Gasteiger partial charge in [-0.15, -0.1) is 5.10 Å². The first-order valence-corrected chi connectivity index (χ1v) is 15.8. The molecule has 6 rings (SSSR count). The lowest BCUT2D eigenvalue weighted by Gasteiger charge is -2.28. The maximum absolute atomic E-state index is 13.8. The van der Waals surface area contributed by atoms with Crippen molar-refractivity contribution in [1.29, 1.82) is 0 Å². The summed E-state index contributed by atoms with van der Waals surface area (Å²) < 4.78 is 7.76. The van der Waals surface area contributed by atoms with E-state index in [9.17, 15) is 4.79 Å². The van der Waals surface area contributed by atoms with Gasteiger partial charge in [0.15, 0.2) is 0 Å². The van der Waals surface area contributed by atoms with Crippen LogP contribution in [-0.2, 0) is 17.2 Å². The lowest BCUT2D eigenvalue weighted by molar-refractivity contribution is -0.113. The molecule has 1 aliphatic heterocycles. The monoisotopic (exact) mass is 661 g/mol. The fraction of sp³-hybridized carbons (Fsp3) is 0.121. The number of hydrogen-bond donors (Lipinski definition) is 2. The van der Waals surface area contributed by atoms with Gasteiger partial charge in [0.05, 0.1) is 5.57 Å². The van der Waals surface area contributed by atoms with Crippen LogP contribution >= 0.6 is 46.6 Å². The topological polar surface area (TPSA) is 81.1 Å². The van der Waals surface area contributed by atoms with Crippen molar-refractivity contribution in [3.63, 3.8) is 0 Å². The van der Waals surface area contributed by atoms with Crippen LogP contribution in [0.3, 0.4) is 0 Å². The van der Waals surface area contributed by atoms with Crippen molar-refractivity contribution in [3.8, 4) is 5.75 Å². The number of aromatic nitrogens is 3. The van der Waals surface area contributed by atoms with E-state index in [-0.39, 0.29) is 12.5 Å². The van der Waals surface area contributed by atoms with Gasteiger partial charge in [0.1, 0.15) is 18.4 Å². The van der Waals surface area contributed by atoms with Crippen LogP contribution in [0.1, 0.15) is 29.7 Å². The number of hydrogen-bond acceptors (Lipinski definition) is 6. The summed E-state index contributed by atoms with van der Waals surface area (Å²) >= 11 is 20.2. The van der Waals surface area contributed by atoms with Gasteiger partial charge < -0.3 is 15.4 Å². The zero-order chi connectivity index (χ0) is 30.6. The third kappa shape index (κ3) is 6.74. The van der Waals surface area contributed by atoms with E-state index in [0.717, 1.165) is 16.7 Å². The summed E-state index contributed by atoms with van der Waals surface area (Å²) in [5.74, 6) is 1.56. The molecule has 0 saturated heterocycles. The van der Waals surface area contributed by atoms with Crippen LogP contribution in [0.2, 0.25) is 15.1 Å². The largest absolute Gasteiger partial charge is 0.489 e. The van der Waals surface area contributed by atoms with Crippen molar-refractivity contribution >= 4 is 64.1 Å². The molecule has 11 heteroatoms. The molecule has 1 amide bonds. The van der Waals surface area contributed by atoms with E-state index in [1.165, 1.54) is 11.8 Å². The first-order valence-electron chi connectivity index (χ1n) is 13.7. The highest BCUT2D eigenvalue weighted by atomic mass is 35.5. The number of thioether (sulfide) groups is 1. The normalized spacial score (nSPS) is 14.1. The Bertz CT molecular complexity index is 1840. The van der Waals surface area contributed by atoms with Gasteiger partial charge >= 0.3 is 0 Å². The van der Waals surface area contributed by atoms with Crippen molar-refractivity contribution in [3.05, 3.63) is 140 Å². The Balaban J connectivity index is 1.29. The molecule has 1 aliphatic rings. The summed E-state index contributed by atoms with van der Waals surface area (Å²) in [6.45, 7) is 2.15. The number of carbonyl (C=O) groups is 1. The van der Waals surface area contributed by atoms with Crippen molar-refractivity contribution in [2.75, 3.05) is 10.6 Å². The van der Waals surface area contributed by atoms with Gasteiger partial charge in [-0.25, -0.2) is 4.68 Å². The number of nitrogens with one attached hydrogen (secondary N) is 2. The summed E-state index contributed by atoms with van der Waals surface area (Å²) in [6, 6.07) is 29.4. The average molecular weight is 663 g/mol. The minimum Gasteiger partial charge on any atom is -0.489 e.